The van der Waals surface area contributed by atoms with Gasteiger partial charge in [0.25, 0.3) is 5.56 Å². The maximum Gasteiger partial charge on any atom is 0.269 e. The van der Waals surface area contributed by atoms with E-state index in [2.05, 4.69) is 31.1 Å². The molecule has 11 heteroatoms. The summed E-state index contributed by atoms with van der Waals surface area (Å²) in [5.41, 5.74) is -1.11. The quantitative estimate of drug-likeness (QED) is 0.330. The van der Waals surface area contributed by atoms with Crippen LogP contribution in [0.5, 0.6) is 0 Å². The summed E-state index contributed by atoms with van der Waals surface area (Å²) >= 11 is 15.9. The Kier molecular flexibility index (Phi) is 6.36. The van der Waals surface area contributed by atoms with Gasteiger partial charge in [0, 0.05) is 16.3 Å². The van der Waals surface area contributed by atoms with Crippen LogP contribution in [0.1, 0.15) is 11.7 Å². The van der Waals surface area contributed by atoms with Gasteiger partial charge in [-0.25, -0.2) is 4.98 Å². The Morgan fingerprint density at radius 1 is 1.31 bits per heavy atom. The zero-order valence-electron chi connectivity index (χ0n) is 13.0. The average molecular weight is 478 g/mol. The van der Waals surface area contributed by atoms with Crippen molar-refractivity contribution in [3.63, 3.8) is 0 Å². The van der Waals surface area contributed by atoms with Crippen LogP contribution in [0.3, 0.4) is 0 Å². The minimum absolute atomic E-state index is 0.0506. The molecule has 0 saturated heterocycles. The number of aromatic nitrogens is 4. The molecule has 1 N–H and O–H groups in total. The molecule has 1 aromatic carbocycles. The van der Waals surface area contributed by atoms with Crippen LogP contribution in [0, 0.1) is 0 Å². The second kappa shape index (κ2) is 8.53. The molecule has 0 radical (unpaired) electrons. The highest BCUT2D eigenvalue weighted by Gasteiger charge is 2.15. The maximum atomic E-state index is 12.1. The van der Waals surface area contributed by atoms with Crippen LogP contribution in [0.25, 0.3) is 0 Å². The Balaban J connectivity index is 1.63. The van der Waals surface area contributed by atoms with Crippen LogP contribution in [-0.2, 0) is 13.0 Å². The van der Waals surface area contributed by atoms with Crippen molar-refractivity contribution in [3.05, 3.63) is 67.3 Å². The number of rotatable bonds is 6. The summed E-state index contributed by atoms with van der Waals surface area (Å²) in [5.74, 6) is 0.560. The molecule has 0 unspecified atom stereocenters. The molecule has 136 valence electrons. The molecule has 0 aliphatic rings. The lowest BCUT2D eigenvalue weighted by Gasteiger charge is -2.07. The van der Waals surface area contributed by atoms with Gasteiger partial charge in [0.1, 0.15) is 16.5 Å². The largest absolute Gasteiger partial charge is 0.382 e. The fourth-order valence-electron chi connectivity index (χ4n) is 2.01. The number of benzene rings is 1. The van der Waals surface area contributed by atoms with Crippen molar-refractivity contribution in [3.8, 4) is 0 Å². The summed E-state index contributed by atoms with van der Waals surface area (Å²) in [6, 6.07) is 7.13. The average Bonchev–Trinajstić information content (AvgIpc) is 3.04. The van der Waals surface area contributed by atoms with Crippen molar-refractivity contribution in [2.24, 2.45) is 0 Å². The van der Waals surface area contributed by atoms with Gasteiger partial charge in [0.15, 0.2) is 11.0 Å². The second-order valence-electron chi connectivity index (χ2n) is 5.12. The third kappa shape index (κ3) is 4.86. The van der Waals surface area contributed by atoms with Crippen molar-refractivity contribution in [2.45, 2.75) is 23.3 Å². The van der Waals surface area contributed by atoms with E-state index in [1.165, 1.54) is 22.7 Å². The smallest absolute Gasteiger partial charge is 0.269 e. The van der Waals surface area contributed by atoms with E-state index in [0.29, 0.717) is 10.8 Å². The van der Waals surface area contributed by atoms with E-state index in [9.17, 15) is 9.90 Å². The normalized spacial score (nSPS) is 12.3. The Labute approximate surface area is 170 Å². The molecule has 3 rings (SSSR count). The minimum Gasteiger partial charge on any atom is -0.382 e. The zero-order chi connectivity index (χ0) is 18.7. The van der Waals surface area contributed by atoms with Crippen molar-refractivity contribution in [1.29, 1.82) is 0 Å². The van der Waals surface area contributed by atoms with E-state index < -0.39 is 5.44 Å². The Bertz CT molecular complexity index is 964. The van der Waals surface area contributed by atoms with Gasteiger partial charge in [-0.15, -0.1) is 0 Å². The van der Waals surface area contributed by atoms with Crippen LogP contribution >= 0.6 is 50.9 Å². The van der Waals surface area contributed by atoms with Crippen molar-refractivity contribution >= 4 is 50.9 Å². The Morgan fingerprint density at radius 2 is 2.04 bits per heavy atom. The minimum atomic E-state index is -0.754. The topological polar surface area (TPSA) is 94.0 Å². The van der Waals surface area contributed by atoms with E-state index in [-0.39, 0.29) is 34.0 Å². The van der Waals surface area contributed by atoms with Gasteiger partial charge < -0.3 is 9.63 Å². The van der Waals surface area contributed by atoms with Crippen molar-refractivity contribution < 1.29 is 9.63 Å². The van der Waals surface area contributed by atoms with Gasteiger partial charge in [0.05, 0.1) is 6.33 Å². The van der Waals surface area contributed by atoms with Crippen LogP contribution in [0.15, 0.2) is 49.3 Å². The number of halogens is 3. The molecule has 0 fully saturated rings. The van der Waals surface area contributed by atoms with Gasteiger partial charge >= 0.3 is 0 Å². The molecule has 0 aliphatic carbocycles. The first-order valence-electron chi connectivity index (χ1n) is 7.24. The standard InChI is InChI=1S/C15H11BrCl2N4O3S/c16-13-14(18)19-7-22(15(13)24)6-11-20-10(21-25-11)5-12(23)26-9-3-1-8(17)2-4-9/h1-4,7,12,23H,5-6H2/t12-/m1/s1. The van der Waals surface area contributed by atoms with Crippen LogP contribution in [0.4, 0.5) is 0 Å². The van der Waals surface area contributed by atoms with Crippen molar-refractivity contribution in [2.75, 3.05) is 0 Å². The van der Waals surface area contributed by atoms with E-state index in [1.807, 2.05) is 12.1 Å². The SMILES string of the molecule is O=c1c(Br)c(Cl)ncn1Cc1nc(C[C@H](O)Sc2ccc(Cl)cc2)no1. The molecule has 3 aromatic rings. The third-order valence-electron chi connectivity index (χ3n) is 3.20. The number of thioether (sulfide) groups is 1. The van der Waals surface area contributed by atoms with Crippen LogP contribution < -0.4 is 5.56 Å². The van der Waals surface area contributed by atoms with E-state index >= 15 is 0 Å². The molecule has 7 nitrogen and oxygen atoms in total. The van der Waals surface area contributed by atoms with Gasteiger partial charge in [0.2, 0.25) is 5.89 Å². The summed E-state index contributed by atoms with van der Waals surface area (Å²) in [6.07, 6.45) is 1.48. The van der Waals surface area contributed by atoms with Crippen molar-refractivity contribution in [1.82, 2.24) is 19.7 Å². The molecule has 0 aliphatic heterocycles. The summed E-state index contributed by atoms with van der Waals surface area (Å²) in [7, 11) is 0. The monoisotopic (exact) mass is 476 g/mol. The highest BCUT2D eigenvalue weighted by atomic mass is 79.9. The number of aliphatic hydroxyl groups is 1. The summed E-state index contributed by atoms with van der Waals surface area (Å²) in [5, 5.41) is 14.7. The van der Waals surface area contributed by atoms with Crippen LogP contribution in [0.2, 0.25) is 10.2 Å². The summed E-state index contributed by atoms with van der Waals surface area (Å²) in [6.45, 7) is 0.0506. The fourth-order valence-corrected chi connectivity index (χ4v) is 3.43. The molecule has 26 heavy (non-hydrogen) atoms. The molecule has 2 heterocycles. The Hall–Kier alpha value is -1.39. The first kappa shape index (κ1) is 19.4. The lowest BCUT2D eigenvalue weighted by molar-refractivity contribution is 0.258. The molecule has 0 bridgehead atoms. The van der Waals surface area contributed by atoms with Crippen LogP contribution in [-0.4, -0.2) is 30.2 Å². The first-order valence-corrected chi connectivity index (χ1v) is 9.67. The van der Waals surface area contributed by atoms with E-state index in [0.717, 1.165) is 4.90 Å². The van der Waals surface area contributed by atoms with E-state index in [1.54, 1.807) is 12.1 Å². The molecule has 2 aromatic heterocycles. The molecule has 0 amide bonds. The highest BCUT2D eigenvalue weighted by Crippen LogP contribution is 2.25. The number of aliphatic hydroxyl groups excluding tert-OH is 1. The lowest BCUT2D eigenvalue weighted by atomic mass is 10.4. The molecule has 0 spiro atoms. The molecule has 0 saturated carbocycles. The van der Waals surface area contributed by atoms with Gasteiger partial charge in [-0.05, 0) is 40.2 Å². The maximum absolute atomic E-state index is 12.1. The number of hydrogen-bond acceptors (Lipinski definition) is 7. The molecule has 1 atom stereocenters. The first-order chi connectivity index (χ1) is 12.4. The lowest BCUT2D eigenvalue weighted by Crippen LogP contribution is -2.22. The van der Waals surface area contributed by atoms with E-state index in [4.69, 9.17) is 27.7 Å². The predicted octanol–water partition coefficient (Wildman–Crippen LogP) is 3.40. The van der Waals surface area contributed by atoms with Gasteiger partial charge in [-0.3, -0.25) is 9.36 Å². The summed E-state index contributed by atoms with van der Waals surface area (Å²) < 4.78 is 6.57. The predicted molar refractivity (Wildman–Crippen MR) is 102 cm³/mol. The summed E-state index contributed by atoms with van der Waals surface area (Å²) in [4.78, 5) is 21.0. The zero-order valence-corrected chi connectivity index (χ0v) is 16.9. The Morgan fingerprint density at radius 3 is 2.77 bits per heavy atom. The third-order valence-corrected chi connectivity index (χ3v) is 5.66. The van der Waals surface area contributed by atoms with Gasteiger partial charge in [-0.2, -0.15) is 4.98 Å². The fraction of sp³-hybridized carbons (Fsp3) is 0.200. The second-order valence-corrected chi connectivity index (χ2v) is 7.96. The van der Waals surface area contributed by atoms with Gasteiger partial charge in [-0.1, -0.05) is 40.1 Å². The highest BCUT2D eigenvalue weighted by molar-refractivity contribution is 9.10. The number of hydrogen-bond donors (Lipinski definition) is 1. The molecular formula is C15H11BrCl2N4O3S. The molecular weight excluding hydrogens is 467 g/mol. The number of nitrogens with zero attached hydrogens (tertiary/aromatic N) is 4.